The van der Waals surface area contributed by atoms with Crippen LogP contribution in [0.1, 0.15) is 0 Å². The summed E-state index contributed by atoms with van der Waals surface area (Å²) >= 11 is 1.40. The van der Waals surface area contributed by atoms with Crippen molar-refractivity contribution in [1.82, 2.24) is 14.3 Å². The number of methoxy groups -OCH3 is 1. The number of aromatic nitrogens is 3. The normalized spacial score (nSPS) is 9.92. The number of hydrogen-bond donors (Lipinski definition) is 0. The van der Waals surface area contributed by atoms with Crippen molar-refractivity contribution in [2.75, 3.05) is 7.11 Å². The standard InChI is InChI=1S/C8H7N3OS/c1-12-8-2-7(9-5-10-8)6-3-11-13-4-6/h2-5H,1H3. The van der Waals surface area contributed by atoms with Gasteiger partial charge in [-0.3, -0.25) is 0 Å². The van der Waals surface area contributed by atoms with Gasteiger partial charge < -0.3 is 4.74 Å². The second kappa shape index (κ2) is 3.49. The van der Waals surface area contributed by atoms with Gasteiger partial charge in [-0.05, 0) is 11.5 Å². The van der Waals surface area contributed by atoms with E-state index in [0.29, 0.717) is 5.88 Å². The Labute approximate surface area is 79.4 Å². The summed E-state index contributed by atoms with van der Waals surface area (Å²) in [5.41, 5.74) is 1.83. The molecule has 0 aromatic carbocycles. The molecule has 0 unspecified atom stereocenters. The third-order valence-corrected chi connectivity index (χ3v) is 2.17. The van der Waals surface area contributed by atoms with E-state index in [4.69, 9.17) is 4.74 Å². The van der Waals surface area contributed by atoms with Crippen molar-refractivity contribution in [3.05, 3.63) is 24.0 Å². The Morgan fingerprint density at radius 2 is 2.31 bits per heavy atom. The Bertz CT molecular complexity index is 388. The van der Waals surface area contributed by atoms with Gasteiger partial charge in [0.15, 0.2) is 0 Å². The zero-order valence-electron chi connectivity index (χ0n) is 6.97. The lowest BCUT2D eigenvalue weighted by molar-refractivity contribution is 0.397. The molecular formula is C8H7N3OS. The summed E-state index contributed by atoms with van der Waals surface area (Å²) in [6.07, 6.45) is 3.25. The average molecular weight is 193 g/mol. The Balaban J connectivity index is 2.41. The Morgan fingerprint density at radius 3 is 3.00 bits per heavy atom. The van der Waals surface area contributed by atoms with Gasteiger partial charge in [-0.2, -0.15) is 0 Å². The average Bonchev–Trinajstić information content (AvgIpc) is 2.71. The SMILES string of the molecule is COc1cc(-c2cnsc2)ncn1. The van der Waals surface area contributed by atoms with Crippen molar-refractivity contribution in [3.63, 3.8) is 0 Å². The largest absolute Gasteiger partial charge is 0.481 e. The molecule has 2 rings (SSSR count). The Morgan fingerprint density at radius 1 is 1.38 bits per heavy atom. The van der Waals surface area contributed by atoms with E-state index in [0.717, 1.165) is 11.3 Å². The number of ether oxygens (including phenoxy) is 1. The summed E-state index contributed by atoms with van der Waals surface area (Å²) < 4.78 is 8.98. The van der Waals surface area contributed by atoms with Crippen LogP contribution in [0.3, 0.4) is 0 Å². The summed E-state index contributed by atoms with van der Waals surface area (Å²) in [5, 5.41) is 1.93. The van der Waals surface area contributed by atoms with Gasteiger partial charge in [0.25, 0.3) is 0 Å². The molecule has 66 valence electrons. The lowest BCUT2D eigenvalue weighted by Gasteiger charge is -1.99. The Kier molecular flexibility index (Phi) is 2.18. The molecule has 0 aliphatic heterocycles. The maximum absolute atomic E-state index is 4.98. The summed E-state index contributed by atoms with van der Waals surface area (Å²) in [4.78, 5) is 8.02. The van der Waals surface area contributed by atoms with E-state index in [2.05, 4.69) is 14.3 Å². The van der Waals surface area contributed by atoms with E-state index < -0.39 is 0 Å². The molecule has 0 aliphatic rings. The highest BCUT2D eigenvalue weighted by atomic mass is 32.1. The van der Waals surface area contributed by atoms with E-state index >= 15 is 0 Å². The zero-order valence-corrected chi connectivity index (χ0v) is 7.78. The van der Waals surface area contributed by atoms with Crippen LogP contribution in [0.4, 0.5) is 0 Å². The second-order valence-corrected chi connectivity index (χ2v) is 3.02. The van der Waals surface area contributed by atoms with Crippen molar-refractivity contribution >= 4 is 11.5 Å². The van der Waals surface area contributed by atoms with E-state index in [9.17, 15) is 0 Å². The molecule has 0 fully saturated rings. The van der Waals surface area contributed by atoms with E-state index in [1.54, 1.807) is 19.4 Å². The van der Waals surface area contributed by atoms with Crippen molar-refractivity contribution in [2.45, 2.75) is 0 Å². The molecule has 13 heavy (non-hydrogen) atoms. The molecular weight excluding hydrogens is 186 g/mol. The highest BCUT2D eigenvalue weighted by Gasteiger charge is 2.02. The topological polar surface area (TPSA) is 47.9 Å². The molecule has 0 atom stereocenters. The highest BCUT2D eigenvalue weighted by molar-refractivity contribution is 7.03. The first-order valence-electron chi connectivity index (χ1n) is 3.66. The summed E-state index contributed by atoms with van der Waals surface area (Å²) in [6, 6.07) is 1.78. The van der Waals surface area contributed by atoms with E-state index in [1.165, 1.54) is 17.9 Å². The molecule has 0 amide bonds. The lowest BCUT2D eigenvalue weighted by atomic mass is 10.2. The predicted octanol–water partition coefficient (Wildman–Crippen LogP) is 1.61. The van der Waals surface area contributed by atoms with Crippen LogP contribution in [0.25, 0.3) is 11.3 Å². The monoisotopic (exact) mass is 193 g/mol. The van der Waals surface area contributed by atoms with Crippen LogP contribution in [0.2, 0.25) is 0 Å². The molecule has 0 bridgehead atoms. The first-order valence-corrected chi connectivity index (χ1v) is 4.49. The lowest BCUT2D eigenvalue weighted by Crippen LogP contribution is -1.89. The van der Waals surface area contributed by atoms with Gasteiger partial charge in [0.1, 0.15) is 6.33 Å². The van der Waals surface area contributed by atoms with Crippen LogP contribution >= 0.6 is 11.5 Å². The van der Waals surface area contributed by atoms with Gasteiger partial charge in [0.2, 0.25) is 5.88 Å². The number of rotatable bonds is 2. The molecule has 0 aliphatic carbocycles. The number of hydrogen-bond acceptors (Lipinski definition) is 5. The highest BCUT2D eigenvalue weighted by Crippen LogP contribution is 2.19. The van der Waals surface area contributed by atoms with Crippen LogP contribution in [-0.2, 0) is 0 Å². The van der Waals surface area contributed by atoms with Crippen LogP contribution in [-0.4, -0.2) is 21.5 Å². The fraction of sp³-hybridized carbons (Fsp3) is 0.125. The van der Waals surface area contributed by atoms with Crippen LogP contribution in [0.5, 0.6) is 5.88 Å². The molecule has 2 aromatic heterocycles. The van der Waals surface area contributed by atoms with Gasteiger partial charge in [0, 0.05) is 17.0 Å². The van der Waals surface area contributed by atoms with Gasteiger partial charge in [-0.1, -0.05) is 0 Å². The minimum absolute atomic E-state index is 0.566. The fourth-order valence-electron chi connectivity index (χ4n) is 0.940. The van der Waals surface area contributed by atoms with Crippen molar-refractivity contribution in [3.8, 4) is 17.1 Å². The third kappa shape index (κ3) is 1.65. The quantitative estimate of drug-likeness (QED) is 0.727. The van der Waals surface area contributed by atoms with Crippen molar-refractivity contribution < 1.29 is 4.74 Å². The van der Waals surface area contributed by atoms with Gasteiger partial charge in [0.05, 0.1) is 19.0 Å². The predicted molar refractivity (Wildman–Crippen MR) is 49.7 cm³/mol. The molecule has 0 saturated heterocycles. The van der Waals surface area contributed by atoms with Gasteiger partial charge in [-0.25, -0.2) is 14.3 Å². The van der Waals surface area contributed by atoms with Gasteiger partial charge >= 0.3 is 0 Å². The number of nitrogens with zero attached hydrogens (tertiary/aromatic N) is 3. The molecule has 0 spiro atoms. The smallest absolute Gasteiger partial charge is 0.216 e. The van der Waals surface area contributed by atoms with E-state index in [-0.39, 0.29) is 0 Å². The fourth-order valence-corrected chi connectivity index (χ4v) is 1.47. The molecule has 2 aromatic rings. The molecule has 0 radical (unpaired) electrons. The summed E-state index contributed by atoms with van der Waals surface area (Å²) in [7, 11) is 1.58. The third-order valence-electron chi connectivity index (χ3n) is 1.58. The zero-order chi connectivity index (χ0) is 9.10. The van der Waals surface area contributed by atoms with Gasteiger partial charge in [-0.15, -0.1) is 0 Å². The van der Waals surface area contributed by atoms with Crippen LogP contribution in [0.15, 0.2) is 24.0 Å². The molecule has 2 heterocycles. The molecule has 5 heteroatoms. The molecule has 0 N–H and O–H groups in total. The Hall–Kier alpha value is -1.49. The first kappa shape index (κ1) is 8.12. The minimum Gasteiger partial charge on any atom is -0.481 e. The summed E-state index contributed by atoms with van der Waals surface area (Å²) in [6.45, 7) is 0. The van der Waals surface area contributed by atoms with Crippen molar-refractivity contribution in [2.24, 2.45) is 0 Å². The summed E-state index contributed by atoms with van der Waals surface area (Å²) in [5.74, 6) is 0.566. The maximum Gasteiger partial charge on any atom is 0.216 e. The maximum atomic E-state index is 4.98. The molecule has 4 nitrogen and oxygen atoms in total. The minimum atomic E-state index is 0.566. The van der Waals surface area contributed by atoms with E-state index in [1.807, 2.05) is 5.38 Å². The molecule has 0 saturated carbocycles. The second-order valence-electron chi connectivity index (χ2n) is 2.36. The first-order chi connectivity index (χ1) is 6.40. The van der Waals surface area contributed by atoms with Crippen LogP contribution in [0, 0.1) is 0 Å². The van der Waals surface area contributed by atoms with Crippen molar-refractivity contribution in [1.29, 1.82) is 0 Å². The van der Waals surface area contributed by atoms with Crippen LogP contribution < -0.4 is 4.74 Å².